The van der Waals surface area contributed by atoms with Crippen LogP contribution in [0.5, 0.6) is 11.5 Å². The predicted octanol–water partition coefficient (Wildman–Crippen LogP) is 4.11. The molecule has 0 radical (unpaired) electrons. The number of ether oxygens (including phenoxy) is 2. The first-order valence-corrected chi connectivity index (χ1v) is 6.20. The van der Waals surface area contributed by atoms with Crippen molar-refractivity contribution in [2.24, 2.45) is 0 Å². The molecule has 0 amide bonds. The van der Waals surface area contributed by atoms with Crippen molar-refractivity contribution in [3.8, 4) is 11.5 Å². The van der Waals surface area contributed by atoms with Gasteiger partial charge in [-0.1, -0.05) is 35.9 Å². The van der Waals surface area contributed by atoms with Crippen LogP contribution in [-0.2, 0) is 0 Å². The minimum atomic E-state index is 0.496. The SMILES string of the molecule is Cc1ccc(Cl)cc1OCCOc1ccccc1. The third kappa shape index (κ3) is 3.67. The molecule has 0 fully saturated rings. The molecule has 0 bridgehead atoms. The largest absolute Gasteiger partial charge is 0.490 e. The Balaban J connectivity index is 1.80. The van der Waals surface area contributed by atoms with Gasteiger partial charge in [-0.25, -0.2) is 0 Å². The Kier molecular flexibility index (Phi) is 4.48. The Morgan fingerprint density at radius 1 is 0.944 bits per heavy atom. The maximum absolute atomic E-state index is 5.91. The Morgan fingerprint density at radius 3 is 2.44 bits per heavy atom. The lowest BCUT2D eigenvalue weighted by atomic mass is 10.2. The van der Waals surface area contributed by atoms with E-state index in [-0.39, 0.29) is 0 Å². The van der Waals surface area contributed by atoms with E-state index in [2.05, 4.69) is 0 Å². The van der Waals surface area contributed by atoms with Gasteiger partial charge in [0.2, 0.25) is 0 Å². The first kappa shape index (κ1) is 12.8. The zero-order chi connectivity index (χ0) is 12.8. The molecule has 0 saturated carbocycles. The summed E-state index contributed by atoms with van der Waals surface area (Å²) in [4.78, 5) is 0. The average Bonchev–Trinajstić information content (AvgIpc) is 2.40. The monoisotopic (exact) mass is 262 g/mol. The Bertz CT molecular complexity index is 497. The molecular formula is C15H15ClO2. The van der Waals surface area contributed by atoms with Gasteiger partial charge in [-0.05, 0) is 36.8 Å². The lowest BCUT2D eigenvalue weighted by molar-refractivity contribution is 0.216. The molecule has 94 valence electrons. The summed E-state index contributed by atoms with van der Waals surface area (Å²) in [5, 5.41) is 0.680. The molecular weight excluding hydrogens is 248 g/mol. The molecule has 0 aromatic heterocycles. The fourth-order valence-electron chi connectivity index (χ4n) is 1.56. The molecule has 0 N–H and O–H groups in total. The Morgan fingerprint density at radius 2 is 1.67 bits per heavy atom. The molecule has 2 nitrogen and oxygen atoms in total. The van der Waals surface area contributed by atoms with Crippen LogP contribution in [0.4, 0.5) is 0 Å². The highest BCUT2D eigenvalue weighted by Crippen LogP contribution is 2.22. The predicted molar refractivity (Wildman–Crippen MR) is 73.6 cm³/mol. The molecule has 2 aromatic rings. The molecule has 0 unspecified atom stereocenters. The van der Waals surface area contributed by atoms with Crippen molar-refractivity contribution in [2.45, 2.75) is 6.92 Å². The lowest BCUT2D eigenvalue weighted by Gasteiger charge is -2.10. The highest BCUT2D eigenvalue weighted by atomic mass is 35.5. The maximum Gasteiger partial charge on any atom is 0.123 e. The summed E-state index contributed by atoms with van der Waals surface area (Å²) in [6, 6.07) is 15.3. The van der Waals surface area contributed by atoms with Gasteiger partial charge in [0.15, 0.2) is 0 Å². The number of halogens is 1. The number of hydrogen-bond donors (Lipinski definition) is 0. The number of benzene rings is 2. The highest BCUT2D eigenvalue weighted by molar-refractivity contribution is 6.30. The normalized spacial score (nSPS) is 10.1. The van der Waals surface area contributed by atoms with Crippen molar-refractivity contribution in [1.82, 2.24) is 0 Å². The van der Waals surface area contributed by atoms with Gasteiger partial charge >= 0.3 is 0 Å². The molecule has 18 heavy (non-hydrogen) atoms. The molecule has 0 aliphatic rings. The van der Waals surface area contributed by atoms with Crippen LogP contribution in [0, 0.1) is 6.92 Å². The minimum absolute atomic E-state index is 0.496. The van der Waals surface area contributed by atoms with E-state index in [1.165, 1.54) is 0 Å². The summed E-state index contributed by atoms with van der Waals surface area (Å²) in [5.41, 5.74) is 1.07. The van der Waals surface area contributed by atoms with Crippen molar-refractivity contribution in [3.05, 3.63) is 59.1 Å². The molecule has 2 aromatic carbocycles. The van der Waals surface area contributed by atoms with Crippen LogP contribution in [0.2, 0.25) is 5.02 Å². The zero-order valence-corrected chi connectivity index (χ0v) is 11.0. The van der Waals surface area contributed by atoms with E-state index in [0.29, 0.717) is 18.2 Å². The molecule has 2 rings (SSSR count). The van der Waals surface area contributed by atoms with Crippen molar-refractivity contribution in [1.29, 1.82) is 0 Å². The topological polar surface area (TPSA) is 18.5 Å². The van der Waals surface area contributed by atoms with E-state index in [1.807, 2.05) is 55.5 Å². The van der Waals surface area contributed by atoms with Gasteiger partial charge in [0, 0.05) is 5.02 Å². The summed E-state index contributed by atoms with van der Waals surface area (Å²) in [7, 11) is 0. The van der Waals surface area contributed by atoms with Crippen LogP contribution in [0.25, 0.3) is 0 Å². The van der Waals surface area contributed by atoms with E-state index in [9.17, 15) is 0 Å². The average molecular weight is 263 g/mol. The molecule has 0 aliphatic carbocycles. The van der Waals surface area contributed by atoms with Crippen molar-refractivity contribution in [3.63, 3.8) is 0 Å². The van der Waals surface area contributed by atoms with E-state index in [0.717, 1.165) is 17.1 Å². The maximum atomic E-state index is 5.91. The Hall–Kier alpha value is -1.67. The van der Waals surface area contributed by atoms with Gasteiger partial charge < -0.3 is 9.47 Å². The van der Waals surface area contributed by atoms with E-state index in [1.54, 1.807) is 0 Å². The first-order chi connectivity index (χ1) is 8.75. The van der Waals surface area contributed by atoms with Gasteiger partial charge in [0.1, 0.15) is 24.7 Å². The number of rotatable bonds is 5. The highest BCUT2D eigenvalue weighted by Gasteiger charge is 2.00. The second-order valence-electron chi connectivity index (χ2n) is 3.92. The molecule has 0 saturated heterocycles. The van der Waals surface area contributed by atoms with Gasteiger partial charge in [0.05, 0.1) is 0 Å². The fraction of sp³-hybridized carbons (Fsp3) is 0.200. The quantitative estimate of drug-likeness (QED) is 0.755. The van der Waals surface area contributed by atoms with Gasteiger partial charge in [-0.15, -0.1) is 0 Å². The van der Waals surface area contributed by atoms with E-state index < -0.39 is 0 Å². The summed E-state index contributed by atoms with van der Waals surface area (Å²) in [6.07, 6.45) is 0. The van der Waals surface area contributed by atoms with E-state index >= 15 is 0 Å². The summed E-state index contributed by atoms with van der Waals surface area (Å²) >= 11 is 5.91. The van der Waals surface area contributed by atoms with Crippen LogP contribution in [-0.4, -0.2) is 13.2 Å². The summed E-state index contributed by atoms with van der Waals surface area (Å²) in [6.45, 7) is 3.00. The van der Waals surface area contributed by atoms with Crippen LogP contribution in [0.15, 0.2) is 48.5 Å². The van der Waals surface area contributed by atoms with Gasteiger partial charge in [0.25, 0.3) is 0 Å². The van der Waals surface area contributed by atoms with Crippen LogP contribution in [0.3, 0.4) is 0 Å². The Labute approximate surface area is 112 Å². The van der Waals surface area contributed by atoms with Gasteiger partial charge in [-0.2, -0.15) is 0 Å². The minimum Gasteiger partial charge on any atom is -0.490 e. The van der Waals surface area contributed by atoms with Crippen LogP contribution < -0.4 is 9.47 Å². The smallest absolute Gasteiger partial charge is 0.123 e. The third-order valence-electron chi connectivity index (χ3n) is 2.50. The van der Waals surface area contributed by atoms with E-state index in [4.69, 9.17) is 21.1 Å². The summed E-state index contributed by atoms with van der Waals surface area (Å²) in [5.74, 6) is 1.66. The molecule has 0 spiro atoms. The fourth-order valence-corrected chi connectivity index (χ4v) is 1.72. The van der Waals surface area contributed by atoms with Crippen molar-refractivity contribution < 1.29 is 9.47 Å². The second-order valence-corrected chi connectivity index (χ2v) is 4.36. The molecule has 0 atom stereocenters. The molecule has 0 heterocycles. The number of hydrogen-bond acceptors (Lipinski definition) is 2. The van der Waals surface area contributed by atoms with Crippen molar-refractivity contribution >= 4 is 11.6 Å². The van der Waals surface area contributed by atoms with Crippen LogP contribution in [0.1, 0.15) is 5.56 Å². The van der Waals surface area contributed by atoms with Crippen LogP contribution >= 0.6 is 11.6 Å². The second kappa shape index (κ2) is 6.31. The summed E-state index contributed by atoms with van der Waals surface area (Å²) < 4.78 is 11.2. The van der Waals surface area contributed by atoms with Gasteiger partial charge in [-0.3, -0.25) is 0 Å². The molecule has 0 aliphatic heterocycles. The van der Waals surface area contributed by atoms with Crippen molar-refractivity contribution in [2.75, 3.05) is 13.2 Å². The standard InChI is InChI=1S/C15H15ClO2/c1-12-7-8-13(16)11-15(12)18-10-9-17-14-5-3-2-4-6-14/h2-8,11H,9-10H2,1H3. The third-order valence-corrected chi connectivity index (χ3v) is 2.74. The zero-order valence-electron chi connectivity index (χ0n) is 10.2. The number of aryl methyl sites for hydroxylation is 1. The lowest BCUT2D eigenvalue weighted by Crippen LogP contribution is -2.09. The molecule has 3 heteroatoms. The first-order valence-electron chi connectivity index (χ1n) is 5.82. The number of para-hydroxylation sites is 1.